The molecule has 0 bridgehead atoms. The van der Waals surface area contributed by atoms with Gasteiger partial charge in [0.1, 0.15) is 5.75 Å². The van der Waals surface area contributed by atoms with Crippen LogP contribution in [-0.2, 0) is 19.1 Å². The molecule has 0 spiro atoms. The van der Waals surface area contributed by atoms with Gasteiger partial charge in [0.25, 0.3) is 5.91 Å². The third-order valence-corrected chi connectivity index (χ3v) is 12.4. The van der Waals surface area contributed by atoms with Gasteiger partial charge in [0.2, 0.25) is 5.67 Å². The first kappa shape index (κ1) is 36.7. The number of ether oxygens (including phenoxy) is 3. The number of benzene rings is 1. The summed E-state index contributed by atoms with van der Waals surface area (Å²) in [6.45, 7) is 3.99. The van der Waals surface area contributed by atoms with E-state index in [0.29, 0.717) is 43.9 Å². The molecule has 0 N–H and O–H groups in total. The smallest absolute Gasteiger partial charge is 0.416 e. The Bertz CT molecular complexity index is 1450. The maximum atomic E-state index is 17.8. The molecule has 2 aliphatic carbocycles. The van der Waals surface area contributed by atoms with Crippen LogP contribution in [0.2, 0.25) is 0 Å². The highest BCUT2D eigenvalue weighted by Crippen LogP contribution is 2.53. The van der Waals surface area contributed by atoms with Crippen molar-refractivity contribution in [1.29, 1.82) is 0 Å². The monoisotopic (exact) mass is 705 g/mol. The number of hydrogen-bond acceptors (Lipinski definition) is 7. The summed E-state index contributed by atoms with van der Waals surface area (Å²) in [5.41, 5.74) is -2.37. The zero-order valence-electron chi connectivity index (χ0n) is 29.6. The molecule has 4 fully saturated rings. The molecule has 8 nitrogen and oxygen atoms in total. The van der Waals surface area contributed by atoms with E-state index in [1.165, 1.54) is 19.3 Å². The molecule has 3 saturated heterocycles. The van der Waals surface area contributed by atoms with Crippen molar-refractivity contribution < 1.29 is 41.4 Å². The number of nitrogens with zero attached hydrogens (tertiary/aromatic N) is 3. The van der Waals surface area contributed by atoms with E-state index < -0.39 is 34.7 Å². The van der Waals surface area contributed by atoms with Crippen molar-refractivity contribution in [3.63, 3.8) is 0 Å². The van der Waals surface area contributed by atoms with Crippen LogP contribution in [-0.4, -0.2) is 112 Å². The summed E-state index contributed by atoms with van der Waals surface area (Å²) in [6.07, 6.45) is 3.19. The van der Waals surface area contributed by atoms with Crippen molar-refractivity contribution in [2.75, 3.05) is 67.2 Å². The van der Waals surface area contributed by atoms with Crippen LogP contribution < -0.4 is 4.74 Å². The van der Waals surface area contributed by atoms with Crippen LogP contribution in [0.15, 0.2) is 47.7 Å². The zero-order valence-corrected chi connectivity index (χ0v) is 29.6. The Balaban J connectivity index is 1.30. The molecule has 6 rings (SSSR count). The Kier molecular flexibility index (Phi) is 10.6. The van der Waals surface area contributed by atoms with Crippen LogP contribution in [0, 0.1) is 23.2 Å². The highest BCUT2D eigenvalue weighted by atomic mass is 19.4. The van der Waals surface area contributed by atoms with Gasteiger partial charge in [-0.3, -0.25) is 14.5 Å². The molecule has 3 heterocycles. The molecule has 5 aliphatic rings. The summed E-state index contributed by atoms with van der Waals surface area (Å²) in [6, 6.07) is 7.52. The lowest BCUT2D eigenvalue weighted by atomic mass is 9.65. The van der Waals surface area contributed by atoms with Gasteiger partial charge in [0.05, 0.1) is 32.3 Å². The predicted molar refractivity (Wildman–Crippen MR) is 180 cm³/mol. The Hall–Kier alpha value is -3.12. The number of esters is 1. The van der Waals surface area contributed by atoms with E-state index in [-0.39, 0.29) is 62.4 Å². The van der Waals surface area contributed by atoms with Crippen LogP contribution in [0.4, 0.5) is 17.6 Å². The van der Waals surface area contributed by atoms with E-state index in [9.17, 15) is 22.8 Å². The Morgan fingerprint density at radius 2 is 1.64 bits per heavy atom. The second-order valence-electron chi connectivity index (χ2n) is 15.2. The molecule has 276 valence electrons. The number of amides is 1. The number of carbonyl (C=O) groups excluding carboxylic acids is 2. The SMILES string of the molecule is COC[C@H]1CN(C(=O)[C@]2(F)CN(C3CCCC3)C[C@H]2c2ccc(OC)cc2)C[C@@H]1C1(C)CC=C(C(F)(F)F)C=C1N1CCC(C(=O)OC)CC1. The normalized spacial score (nSPS) is 31.6. The zero-order chi connectivity index (χ0) is 35.8. The van der Waals surface area contributed by atoms with Gasteiger partial charge in [-0.25, -0.2) is 4.39 Å². The summed E-state index contributed by atoms with van der Waals surface area (Å²) < 4.78 is 76.1. The number of rotatable bonds is 9. The first-order valence-corrected chi connectivity index (χ1v) is 18.0. The summed E-state index contributed by atoms with van der Waals surface area (Å²) in [7, 11) is 4.50. The number of hydrogen-bond donors (Lipinski definition) is 0. The molecular formula is C38H51F4N3O5. The molecule has 12 heteroatoms. The standard InChI is InChI=1S/C38H51F4N3O5/c1-36(16-13-28(38(40,41)42)19-33(36)43-17-14-26(15-18-43)34(46)50-4)31-21-44(20-27(31)23-48-2)35(47)37(39)24-45(29-7-5-6-8-29)22-32(37)25-9-11-30(49-3)12-10-25/h9-13,19,26-27,29,31-32H,5-8,14-18,20-24H2,1-4H3/t27-,31+,32+,36?,37+/m1/s1. The Morgan fingerprint density at radius 1 is 0.960 bits per heavy atom. The van der Waals surface area contributed by atoms with Gasteiger partial charge in [-0.1, -0.05) is 38.0 Å². The molecule has 1 saturated carbocycles. The van der Waals surface area contributed by atoms with Crippen LogP contribution in [0.3, 0.4) is 0 Å². The molecule has 1 aromatic rings. The molecule has 5 atom stereocenters. The minimum Gasteiger partial charge on any atom is -0.497 e. The fourth-order valence-corrected chi connectivity index (χ4v) is 9.54. The number of methoxy groups -OCH3 is 3. The van der Waals surface area contributed by atoms with Gasteiger partial charge in [0.15, 0.2) is 0 Å². The minimum absolute atomic E-state index is 0.0124. The summed E-state index contributed by atoms with van der Waals surface area (Å²) in [4.78, 5) is 32.6. The quantitative estimate of drug-likeness (QED) is 0.226. The van der Waals surface area contributed by atoms with Gasteiger partial charge in [-0.05, 0) is 61.8 Å². The van der Waals surface area contributed by atoms with Gasteiger partial charge in [0, 0.05) is 75.4 Å². The third kappa shape index (κ3) is 6.90. The van der Waals surface area contributed by atoms with Gasteiger partial charge in [-0.2, -0.15) is 13.2 Å². The minimum atomic E-state index is -4.52. The molecule has 50 heavy (non-hydrogen) atoms. The van der Waals surface area contributed by atoms with E-state index in [2.05, 4.69) is 4.90 Å². The second-order valence-corrected chi connectivity index (χ2v) is 15.2. The lowest BCUT2D eigenvalue weighted by molar-refractivity contribution is -0.147. The van der Waals surface area contributed by atoms with E-state index >= 15 is 4.39 Å². The molecule has 0 aromatic heterocycles. The van der Waals surface area contributed by atoms with Crippen molar-refractivity contribution in [3.05, 3.63) is 53.3 Å². The summed E-state index contributed by atoms with van der Waals surface area (Å²) in [5, 5.41) is 0. The molecule has 1 unspecified atom stereocenters. The molecular weight excluding hydrogens is 654 g/mol. The molecule has 0 radical (unpaired) electrons. The molecule has 1 amide bonds. The lowest BCUT2D eigenvalue weighted by Gasteiger charge is -2.48. The predicted octanol–water partition coefficient (Wildman–Crippen LogP) is 6.13. The average Bonchev–Trinajstić information content (AvgIpc) is 3.88. The first-order chi connectivity index (χ1) is 23.8. The number of halogens is 4. The highest BCUT2D eigenvalue weighted by molar-refractivity contribution is 5.88. The van der Waals surface area contributed by atoms with E-state index in [4.69, 9.17) is 14.2 Å². The van der Waals surface area contributed by atoms with Crippen molar-refractivity contribution in [3.8, 4) is 5.75 Å². The van der Waals surface area contributed by atoms with Crippen molar-refractivity contribution in [2.24, 2.45) is 23.2 Å². The summed E-state index contributed by atoms with van der Waals surface area (Å²) in [5.74, 6) is -1.70. The second kappa shape index (κ2) is 14.5. The third-order valence-electron chi connectivity index (χ3n) is 12.4. The van der Waals surface area contributed by atoms with Crippen LogP contribution >= 0.6 is 0 Å². The number of likely N-dealkylation sites (tertiary alicyclic amines) is 3. The lowest BCUT2D eigenvalue weighted by Crippen LogP contribution is -2.51. The van der Waals surface area contributed by atoms with Crippen molar-refractivity contribution in [2.45, 2.75) is 75.7 Å². The maximum Gasteiger partial charge on any atom is 0.416 e. The van der Waals surface area contributed by atoms with Gasteiger partial charge >= 0.3 is 12.1 Å². The fraction of sp³-hybridized carbons (Fsp3) is 0.684. The van der Waals surface area contributed by atoms with Crippen molar-refractivity contribution >= 4 is 11.9 Å². The van der Waals surface area contributed by atoms with Gasteiger partial charge < -0.3 is 24.0 Å². The number of alkyl halides is 4. The number of carbonyl (C=O) groups is 2. The molecule has 3 aliphatic heterocycles. The molecule has 1 aromatic carbocycles. The maximum absolute atomic E-state index is 17.8. The Labute approximate surface area is 292 Å². The highest BCUT2D eigenvalue weighted by Gasteiger charge is 2.59. The van der Waals surface area contributed by atoms with Crippen LogP contribution in [0.5, 0.6) is 5.75 Å². The Morgan fingerprint density at radius 3 is 2.24 bits per heavy atom. The largest absolute Gasteiger partial charge is 0.497 e. The summed E-state index contributed by atoms with van der Waals surface area (Å²) >= 11 is 0. The average molecular weight is 706 g/mol. The van der Waals surface area contributed by atoms with E-state index in [1.54, 1.807) is 31.3 Å². The first-order valence-electron chi connectivity index (χ1n) is 18.0. The van der Waals surface area contributed by atoms with Crippen LogP contribution in [0.1, 0.15) is 63.4 Å². The number of allylic oxidation sites excluding steroid dienone is 4. The number of piperidine rings is 1. The van der Waals surface area contributed by atoms with Gasteiger partial charge in [-0.15, -0.1) is 0 Å². The fourth-order valence-electron chi connectivity index (χ4n) is 9.54. The van der Waals surface area contributed by atoms with Crippen molar-refractivity contribution in [1.82, 2.24) is 14.7 Å². The van der Waals surface area contributed by atoms with Crippen LogP contribution in [0.25, 0.3) is 0 Å². The van der Waals surface area contributed by atoms with E-state index in [0.717, 1.165) is 31.2 Å². The topological polar surface area (TPSA) is 71.6 Å². The van der Waals surface area contributed by atoms with E-state index in [1.807, 2.05) is 24.0 Å².